The summed E-state index contributed by atoms with van der Waals surface area (Å²) in [7, 11) is 0. The fourth-order valence-electron chi connectivity index (χ4n) is 0.858. The molecule has 0 aliphatic carbocycles. The van der Waals surface area contributed by atoms with E-state index in [4.69, 9.17) is 0 Å². The van der Waals surface area contributed by atoms with Crippen LogP contribution in [0.5, 0.6) is 0 Å². The number of alkyl halides is 6. The van der Waals surface area contributed by atoms with Gasteiger partial charge in [-0.3, -0.25) is 4.79 Å². The van der Waals surface area contributed by atoms with Gasteiger partial charge in [-0.05, 0) is 6.92 Å². The second kappa shape index (κ2) is 5.68. The second-order valence-electron chi connectivity index (χ2n) is 3.25. The topological polar surface area (TPSA) is 30.0 Å². The van der Waals surface area contributed by atoms with Crippen molar-refractivity contribution < 1.29 is 31.1 Å². The van der Waals surface area contributed by atoms with Gasteiger partial charge in [0.15, 0.2) is 11.5 Å². The quantitative estimate of drug-likeness (QED) is 0.572. The van der Waals surface area contributed by atoms with Crippen LogP contribution in [0, 0.1) is 6.92 Å². The van der Waals surface area contributed by atoms with Crippen molar-refractivity contribution in [3.05, 3.63) is 15.6 Å². The van der Waals surface area contributed by atoms with Crippen LogP contribution in [-0.2, 0) is 6.18 Å². The maximum absolute atomic E-state index is 12.2. The second-order valence-corrected chi connectivity index (χ2v) is 4.45. The van der Waals surface area contributed by atoms with Gasteiger partial charge in [-0.2, -0.15) is 26.3 Å². The number of hydrogen-bond donors (Lipinski definition) is 0. The number of aryl methyl sites for hydroxylation is 1. The lowest BCUT2D eigenvalue weighted by Gasteiger charge is -2.02. The van der Waals surface area contributed by atoms with E-state index >= 15 is 0 Å². The lowest BCUT2D eigenvalue weighted by molar-refractivity contribution is -0.141. The number of ketones is 1. The smallest absolute Gasteiger partial charge is 0.294 e. The summed E-state index contributed by atoms with van der Waals surface area (Å²) in [5.41, 5.74) is -1.07. The van der Waals surface area contributed by atoms with Crippen molar-refractivity contribution in [2.24, 2.45) is 0 Å². The minimum absolute atomic E-state index is 0.188. The Bertz CT molecular complexity index is 414. The summed E-state index contributed by atoms with van der Waals surface area (Å²) in [5, 5.41) is 0.248. The van der Waals surface area contributed by atoms with E-state index in [-0.39, 0.29) is 16.8 Å². The Morgan fingerprint density at radius 2 is 1.56 bits per heavy atom. The van der Waals surface area contributed by atoms with E-state index in [1.54, 1.807) is 0 Å². The molecule has 0 radical (unpaired) electrons. The first kappa shape index (κ1) is 16.9. The number of carbonyl (C=O) groups excluding carboxylic acids is 1. The molecule has 0 aromatic carbocycles. The highest BCUT2D eigenvalue weighted by molar-refractivity contribution is 7.13. The summed E-state index contributed by atoms with van der Waals surface area (Å²) in [6.45, 7) is 2.72. The molecule has 0 atom stereocenters. The van der Waals surface area contributed by atoms with Crippen LogP contribution in [0.15, 0.2) is 0 Å². The maximum Gasteiger partial charge on any atom is 0.434 e. The van der Waals surface area contributed by atoms with Gasteiger partial charge in [-0.15, -0.1) is 11.3 Å². The van der Waals surface area contributed by atoms with Crippen molar-refractivity contribution in [3.8, 4) is 0 Å². The first-order valence-corrected chi connectivity index (χ1v) is 5.26. The largest absolute Gasteiger partial charge is 0.434 e. The molecule has 9 heteroatoms. The lowest BCUT2D eigenvalue weighted by Crippen LogP contribution is -2.10. The van der Waals surface area contributed by atoms with Crippen LogP contribution in [0.1, 0.15) is 34.2 Å². The first-order valence-electron chi connectivity index (χ1n) is 4.44. The third-order valence-electron chi connectivity index (χ3n) is 1.32. The summed E-state index contributed by atoms with van der Waals surface area (Å²) >= 11 is 0.769. The molecule has 2 nitrogen and oxygen atoms in total. The molecule has 0 spiro atoms. The molecular weight excluding hydrogens is 284 g/mol. The van der Waals surface area contributed by atoms with Gasteiger partial charge in [-0.25, -0.2) is 4.98 Å². The van der Waals surface area contributed by atoms with Gasteiger partial charge >= 0.3 is 12.4 Å². The molecule has 0 saturated carbocycles. The Balaban J connectivity index is 0.000000494. The highest BCUT2D eigenvalue weighted by atomic mass is 32.1. The van der Waals surface area contributed by atoms with Crippen LogP contribution in [-0.4, -0.2) is 16.9 Å². The Morgan fingerprint density at radius 1 is 1.17 bits per heavy atom. The summed E-state index contributed by atoms with van der Waals surface area (Å²) < 4.78 is 67.7. The highest BCUT2D eigenvalue weighted by Crippen LogP contribution is 2.34. The van der Waals surface area contributed by atoms with Crippen molar-refractivity contribution >= 4 is 17.1 Å². The molecule has 0 bridgehead atoms. The molecule has 1 heterocycles. The monoisotopic (exact) mass is 293 g/mol. The molecule has 1 aromatic heterocycles. The van der Waals surface area contributed by atoms with Crippen LogP contribution < -0.4 is 0 Å². The SMILES string of the molecule is CC(=O)c1sc(C)nc1C(F)(F)F.CC(F)(F)F. The average Bonchev–Trinajstić information content (AvgIpc) is 2.42. The minimum atomic E-state index is -4.54. The zero-order valence-electron chi connectivity index (χ0n) is 9.53. The number of rotatable bonds is 1. The van der Waals surface area contributed by atoms with Gasteiger partial charge in [-0.1, -0.05) is 0 Å². The summed E-state index contributed by atoms with van der Waals surface area (Å²) in [4.78, 5) is 13.8. The molecule has 0 N–H and O–H groups in total. The molecule has 0 amide bonds. The Labute approximate surface area is 103 Å². The maximum atomic E-state index is 12.2. The van der Waals surface area contributed by atoms with Crippen LogP contribution in [0.4, 0.5) is 26.3 Å². The molecule has 0 saturated heterocycles. The molecule has 0 unspecified atom stereocenters. The molecule has 104 valence electrons. The standard InChI is InChI=1S/C7H6F3NOS.C2H3F3/c1-3(12)5-6(7(8,9)10)11-4(2)13-5;1-2(3,4)5/h1-2H3;1H3. The molecule has 1 aromatic rings. The van der Waals surface area contributed by atoms with Crippen molar-refractivity contribution in [1.29, 1.82) is 0 Å². The van der Waals surface area contributed by atoms with Crippen molar-refractivity contribution in [2.45, 2.75) is 33.1 Å². The normalized spacial score (nSPS) is 11.8. The van der Waals surface area contributed by atoms with Crippen LogP contribution >= 0.6 is 11.3 Å². The van der Waals surface area contributed by atoms with Gasteiger partial charge in [0, 0.05) is 13.8 Å². The molecule has 0 aliphatic heterocycles. The van der Waals surface area contributed by atoms with Crippen LogP contribution in [0.2, 0.25) is 0 Å². The molecule has 0 fully saturated rings. The van der Waals surface area contributed by atoms with E-state index in [9.17, 15) is 31.1 Å². The predicted molar refractivity (Wildman–Crippen MR) is 53.6 cm³/mol. The van der Waals surface area contributed by atoms with E-state index in [1.807, 2.05) is 0 Å². The van der Waals surface area contributed by atoms with Gasteiger partial charge in [0.2, 0.25) is 0 Å². The van der Waals surface area contributed by atoms with Gasteiger partial charge in [0.1, 0.15) is 4.88 Å². The Kier molecular flexibility index (Phi) is 5.33. The average molecular weight is 293 g/mol. The molecular formula is C9H9F6NOS. The summed E-state index contributed by atoms with van der Waals surface area (Å²) in [6.07, 6.45) is -8.54. The Morgan fingerprint density at radius 3 is 1.78 bits per heavy atom. The van der Waals surface area contributed by atoms with Crippen LogP contribution in [0.3, 0.4) is 0 Å². The van der Waals surface area contributed by atoms with E-state index in [2.05, 4.69) is 4.98 Å². The van der Waals surface area contributed by atoms with E-state index in [0.29, 0.717) is 0 Å². The van der Waals surface area contributed by atoms with E-state index in [0.717, 1.165) is 18.3 Å². The van der Waals surface area contributed by atoms with Gasteiger partial charge < -0.3 is 0 Å². The lowest BCUT2D eigenvalue weighted by atomic mass is 10.3. The van der Waals surface area contributed by atoms with Gasteiger partial charge in [0.05, 0.1) is 5.01 Å². The van der Waals surface area contributed by atoms with E-state index < -0.39 is 23.8 Å². The Hall–Kier alpha value is -1.12. The minimum Gasteiger partial charge on any atom is -0.294 e. The summed E-state index contributed by atoms with van der Waals surface area (Å²) in [6, 6.07) is 0. The number of aromatic nitrogens is 1. The highest BCUT2D eigenvalue weighted by Gasteiger charge is 2.38. The van der Waals surface area contributed by atoms with Gasteiger partial charge in [0.25, 0.3) is 0 Å². The van der Waals surface area contributed by atoms with E-state index in [1.165, 1.54) is 6.92 Å². The fourth-order valence-corrected chi connectivity index (χ4v) is 1.69. The third kappa shape index (κ3) is 6.58. The zero-order valence-corrected chi connectivity index (χ0v) is 10.3. The van der Waals surface area contributed by atoms with Crippen molar-refractivity contribution in [1.82, 2.24) is 4.98 Å². The number of Topliss-reactive ketones (excluding diaryl/α,β-unsaturated/α-hetero) is 1. The van der Waals surface area contributed by atoms with Crippen molar-refractivity contribution in [2.75, 3.05) is 0 Å². The zero-order chi connectivity index (χ0) is 14.7. The third-order valence-corrected chi connectivity index (χ3v) is 2.39. The van der Waals surface area contributed by atoms with Crippen molar-refractivity contribution in [3.63, 3.8) is 0 Å². The summed E-state index contributed by atoms with van der Waals surface area (Å²) in [5.74, 6) is -0.599. The van der Waals surface area contributed by atoms with Crippen LogP contribution in [0.25, 0.3) is 0 Å². The number of thiazole rings is 1. The number of hydrogen-bond acceptors (Lipinski definition) is 3. The fraction of sp³-hybridized carbons (Fsp3) is 0.556. The number of carbonyl (C=O) groups is 1. The number of halogens is 6. The molecule has 1 rings (SSSR count). The molecule has 18 heavy (non-hydrogen) atoms. The molecule has 0 aliphatic rings. The predicted octanol–water partition coefficient (Wildman–Crippen LogP) is 4.24. The first-order chi connectivity index (χ1) is 7.82. The number of nitrogens with zero attached hydrogens (tertiary/aromatic N) is 1.